The van der Waals surface area contributed by atoms with Crippen LogP contribution in [0.1, 0.15) is 0 Å². The second kappa shape index (κ2) is 2.18. The van der Waals surface area contributed by atoms with E-state index in [9.17, 15) is 0 Å². The fourth-order valence-corrected chi connectivity index (χ4v) is 0.0527. The molecule has 0 aromatic heterocycles. The molecule has 3 heteroatoms. The monoisotopic (exact) mass is 85.0 g/mol. The zero-order chi connectivity index (χ0) is 4.99. The summed E-state index contributed by atoms with van der Waals surface area (Å²) >= 11 is 0. The van der Waals surface area contributed by atoms with Crippen molar-refractivity contribution in [3.8, 4) is 0 Å². The van der Waals surface area contributed by atoms with E-state index >= 15 is 0 Å². The molecule has 3 nitrogen and oxygen atoms in total. The Kier molecular flexibility index (Phi) is 1.78. The number of aliphatic imine (C=N–C) groups is 1. The van der Waals surface area contributed by atoms with Crippen LogP contribution in [-0.2, 0) is 4.79 Å². The van der Waals surface area contributed by atoms with Crippen LogP contribution in [0.25, 0.3) is 0 Å². The number of hydrogen-bond acceptors (Lipinski definition) is 3. The van der Waals surface area contributed by atoms with E-state index < -0.39 is 5.88 Å². The summed E-state index contributed by atoms with van der Waals surface area (Å²) in [6.45, 7) is 2.87. The zero-order valence-electron chi connectivity index (χ0n) is 3.01. The van der Waals surface area contributed by atoms with Crippen molar-refractivity contribution in [2.75, 3.05) is 0 Å². The number of rotatable bonds is 1. The molecule has 0 atom stereocenters. The van der Waals surface area contributed by atoms with Crippen LogP contribution < -0.4 is 0 Å². The van der Waals surface area contributed by atoms with Gasteiger partial charge in [-0.25, -0.2) is 4.79 Å². The SMILES string of the molecule is C=C(O)N=C=O. The average Bonchev–Trinajstić information content (AvgIpc) is 1.35. The lowest BCUT2D eigenvalue weighted by atomic mass is 10.9. The highest BCUT2D eigenvalue weighted by molar-refractivity contribution is 5.35. The van der Waals surface area contributed by atoms with Gasteiger partial charge in [-0.15, -0.1) is 4.99 Å². The molecule has 0 bridgehead atoms. The van der Waals surface area contributed by atoms with Gasteiger partial charge in [-0.1, -0.05) is 0 Å². The Balaban J connectivity index is 3.60. The van der Waals surface area contributed by atoms with E-state index in [0.29, 0.717) is 0 Å². The molecule has 6 heavy (non-hydrogen) atoms. The third-order valence-electron chi connectivity index (χ3n) is 0.175. The molecule has 1 N–H and O–H groups in total. The van der Waals surface area contributed by atoms with Gasteiger partial charge in [-0.2, -0.15) is 0 Å². The number of hydrogen-bond donors (Lipinski definition) is 1. The molecular weight excluding hydrogens is 82.0 g/mol. The first kappa shape index (κ1) is 4.92. The normalized spacial score (nSPS) is 6.00. The Morgan fingerprint density at radius 3 is 2.50 bits per heavy atom. The maximum absolute atomic E-state index is 9.10. The van der Waals surface area contributed by atoms with Crippen molar-refractivity contribution in [1.82, 2.24) is 0 Å². The van der Waals surface area contributed by atoms with E-state index in [1.54, 1.807) is 0 Å². The first-order valence-electron chi connectivity index (χ1n) is 1.23. The third kappa shape index (κ3) is 2.92. The fourth-order valence-electron chi connectivity index (χ4n) is 0.0527. The Morgan fingerprint density at radius 1 is 2.00 bits per heavy atom. The highest BCUT2D eigenvalue weighted by atomic mass is 16.3. The minimum Gasteiger partial charge on any atom is -0.493 e. The average molecular weight is 85.1 g/mol. The maximum Gasteiger partial charge on any atom is 0.243 e. The molecule has 0 rings (SSSR count). The Bertz CT molecular complexity index is 101. The van der Waals surface area contributed by atoms with Crippen LogP contribution in [0.3, 0.4) is 0 Å². The van der Waals surface area contributed by atoms with Gasteiger partial charge >= 0.3 is 0 Å². The van der Waals surface area contributed by atoms with Crippen molar-refractivity contribution in [2.45, 2.75) is 0 Å². The van der Waals surface area contributed by atoms with Crippen LogP contribution in [-0.4, -0.2) is 11.2 Å². The van der Waals surface area contributed by atoms with Gasteiger partial charge in [0.15, 0.2) is 0 Å². The minimum atomic E-state index is -0.509. The van der Waals surface area contributed by atoms with Gasteiger partial charge in [0, 0.05) is 0 Å². The molecule has 0 aromatic carbocycles. The Hall–Kier alpha value is -1.08. The van der Waals surface area contributed by atoms with Gasteiger partial charge < -0.3 is 5.11 Å². The summed E-state index contributed by atoms with van der Waals surface area (Å²) in [7, 11) is 0. The molecule has 0 unspecified atom stereocenters. The minimum absolute atomic E-state index is 0.509. The van der Waals surface area contributed by atoms with Gasteiger partial charge in [0.25, 0.3) is 0 Å². The van der Waals surface area contributed by atoms with Gasteiger partial charge in [0.1, 0.15) is 0 Å². The second-order valence-corrected chi connectivity index (χ2v) is 0.619. The summed E-state index contributed by atoms with van der Waals surface area (Å²) in [6, 6.07) is 0. The first-order valence-corrected chi connectivity index (χ1v) is 1.23. The maximum atomic E-state index is 9.10. The second-order valence-electron chi connectivity index (χ2n) is 0.619. The van der Waals surface area contributed by atoms with Crippen LogP contribution in [0, 0.1) is 0 Å². The van der Waals surface area contributed by atoms with Crippen LogP contribution >= 0.6 is 0 Å². The fraction of sp³-hybridized carbons (Fsp3) is 0. The van der Waals surface area contributed by atoms with Crippen molar-refractivity contribution in [3.05, 3.63) is 12.5 Å². The topological polar surface area (TPSA) is 49.7 Å². The molecule has 0 fully saturated rings. The molecule has 0 radical (unpaired) electrons. The summed E-state index contributed by atoms with van der Waals surface area (Å²) in [5, 5.41) is 7.93. The van der Waals surface area contributed by atoms with E-state index in [2.05, 4.69) is 11.6 Å². The molecule has 0 aliphatic rings. The molecule has 0 saturated carbocycles. The first-order chi connectivity index (χ1) is 2.77. The van der Waals surface area contributed by atoms with E-state index in [1.165, 1.54) is 0 Å². The number of carbonyl (C=O) groups excluding carboxylic acids is 1. The summed E-state index contributed by atoms with van der Waals surface area (Å²) in [6.07, 6.45) is 1.09. The number of aliphatic hydroxyl groups is 1. The van der Waals surface area contributed by atoms with Crippen LogP contribution in [0.4, 0.5) is 0 Å². The largest absolute Gasteiger partial charge is 0.493 e. The van der Waals surface area contributed by atoms with E-state index in [-0.39, 0.29) is 0 Å². The molecule has 0 aliphatic heterocycles. The zero-order valence-corrected chi connectivity index (χ0v) is 3.01. The number of aliphatic hydroxyl groups excluding tert-OH is 1. The number of isocyanates is 1. The van der Waals surface area contributed by atoms with E-state index in [4.69, 9.17) is 9.90 Å². The lowest BCUT2D eigenvalue weighted by molar-refractivity contribution is 0.408. The van der Waals surface area contributed by atoms with E-state index in [0.717, 1.165) is 6.08 Å². The summed E-state index contributed by atoms with van der Waals surface area (Å²) in [4.78, 5) is 11.8. The van der Waals surface area contributed by atoms with Crippen molar-refractivity contribution < 1.29 is 9.90 Å². The smallest absolute Gasteiger partial charge is 0.243 e. The lowest BCUT2D eigenvalue weighted by Gasteiger charge is -1.70. The summed E-state index contributed by atoms with van der Waals surface area (Å²) in [5.41, 5.74) is 0. The highest BCUT2D eigenvalue weighted by Crippen LogP contribution is 1.75. The molecule has 0 aromatic rings. The third-order valence-corrected chi connectivity index (χ3v) is 0.175. The number of nitrogens with zero attached hydrogens (tertiary/aromatic N) is 1. The summed E-state index contributed by atoms with van der Waals surface area (Å²) < 4.78 is 0. The van der Waals surface area contributed by atoms with Crippen LogP contribution in [0.5, 0.6) is 0 Å². The van der Waals surface area contributed by atoms with E-state index in [1.807, 2.05) is 0 Å². The molecule has 0 amide bonds. The molecule has 32 valence electrons. The highest BCUT2D eigenvalue weighted by Gasteiger charge is 1.69. The van der Waals surface area contributed by atoms with Gasteiger partial charge in [-0.05, 0) is 6.58 Å². The van der Waals surface area contributed by atoms with Gasteiger partial charge in [0.05, 0.1) is 0 Å². The molecule has 0 spiro atoms. The quantitative estimate of drug-likeness (QED) is 0.284. The summed E-state index contributed by atoms with van der Waals surface area (Å²) in [5.74, 6) is -0.509. The molecular formula is C3H3NO2. The molecule has 0 heterocycles. The Labute approximate surface area is 34.6 Å². The standard InChI is InChI=1S/C3H3NO2/c1-3(6)4-2-5/h6H,1H2. The molecule has 0 aliphatic carbocycles. The van der Waals surface area contributed by atoms with Crippen LogP contribution in [0.2, 0.25) is 0 Å². The molecule has 0 saturated heterocycles. The lowest BCUT2D eigenvalue weighted by Crippen LogP contribution is -1.63. The van der Waals surface area contributed by atoms with Crippen molar-refractivity contribution in [3.63, 3.8) is 0 Å². The van der Waals surface area contributed by atoms with Gasteiger partial charge in [-0.3, -0.25) is 0 Å². The van der Waals surface area contributed by atoms with Crippen molar-refractivity contribution in [1.29, 1.82) is 0 Å². The Morgan fingerprint density at radius 2 is 2.50 bits per heavy atom. The predicted octanol–water partition coefficient (Wildman–Crippen LogP) is 0.351. The van der Waals surface area contributed by atoms with Crippen molar-refractivity contribution in [2.24, 2.45) is 4.99 Å². The van der Waals surface area contributed by atoms with Crippen molar-refractivity contribution >= 4 is 6.08 Å². The van der Waals surface area contributed by atoms with Crippen LogP contribution in [0.15, 0.2) is 17.5 Å². The van der Waals surface area contributed by atoms with Gasteiger partial charge in [0.2, 0.25) is 12.0 Å². The predicted molar refractivity (Wildman–Crippen MR) is 19.9 cm³/mol.